The van der Waals surface area contributed by atoms with Crippen molar-refractivity contribution in [2.75, 3.05) is 26.4 Å². The van der Waals surface area contributed by atoms with Gasteiger partial charge in [0, 0.05) is 26.7 Å². The number of carbonyl (C=O) groups excluding carboxylic acids is 1. The molecule has 0 aromatic rings. The van der Waals surface area contributed by atoms with Gasteiger partial charge in [-0.15, -0.1) is 0 Å². The van der Waals surface area contributed by atoms with E-state index in [9.17, 15) is 18.0 Å². The molecular weight excluding hydrogens is 286 g/mol. The van der Waals surface area contributed by atoms with Gasteiger partial charge in [-0.25, -0.2) is 17.5 Å². The molecule has 0 aromatic heterocycles. The molecule has 1 rings (SSSR count). The number of aliphatic carboxylic acids is 1. The number of nitrogens with zero attached hydrogens (tertiary/aromatic N) is 1. The number of carboxylic acid groups (broad SMARTS) is 1. The van der Waals surface area contributed by atoms with Crippen molar-refractivity contribution in [1.82, 2.24) is 14.9 Å². The Morgan fingerprint density at radius 1 is 1.30 bits per heavy atom. The minimum atomic E-state index is -3.33. The van der Waals surface area contributed by atoms with Gasteiger partial charge in [0.25, 0.3) is 0 Å². The zero-order valence-corrected chi connectivity index (χ0v) is 12.4. The number of carbonyl (C=O) groups is 2. The van der Waals surface area contributed by atoms with Crippen LogP contribution in [0.5, 0.6) is 0 Å². The highest BCUT2D eigenvalue weighted by molar-refractivity contribution is 7.89. The second kappa shape index (κ2) is 6.89. The number of hydrogen-bond acceptors (Lipinski definition) is 4. The van der Waals surface area contributed by atoms with Gasteiger partial charge in [0.1, 0.15) is 0 Å². The summed E-state index contributed by atoms with van der Waals surface area (Å²) in [4.78, 5) is 22.3. The number of carboxylic acids is 1. The molecule has 0 spiro atoms. The third-order valence-corrected chi connectivity index (χ3v) is 5.15. The second-order valence-electron chi connectivity index (χ2n) is 5.04. The molecule has 0 heterocycles. The molecule has 0 saturated heterocycles. The van der Waals surface area contributed by atoms with Gasteiger partial charge >= 0.3 is 12.0 Å². The van der Waals surface area contributed by atoms with E-state index in [1.54, 1.807) is 0 Å². The van der Waals surface area contributed by atoms with Crippen LogP contribution in [0.2, 0.25) is 0 Å². The predicted octanol–water partition coefficient (Wildman–Crippen LogP) is -0.570. The molecule has 1 saturated carbocycles. The van der Waals surface area contributed by atoms with Gasteiger partial charge in [-0.2, -0.15) is 0 Å². The molecule has 1 fully saturated rings. The average Bonchev–Trinajstić information content (AvgIpc) is 2.77. The van der Waals surface area contributed by atoms with Crippen molar-refractivity contribution < 1.29 is 23.1 Å². The van der Waals surface area contributed by atoms with E-state index >= 15 is 0 Å². The van der Waals surface area contributed by atoms with E-state index < -0.39 is 27.9 Å². The Kier molecular flexibility index (Phi) is 5.75. The van der Waals surface area contributed by atoms with Gasteiger partial charge < -0.3 is 15.7 Å². The Hall–Kier alpha value is -1.35. The highest BCUT2D eigenvalue weighted by Gasteiger charge is 2.30. The third kappa shape index (κ3) is 4.97. The Bertz CT molecular complexity index is 463. The monoisotopic (exact) mass is 307 g/mol. The van der Waals surface area contributed by atoms with Crippen LogP contribution >= 0.6 is 0 Å². The van der Waals surface area contributed by atoms with Crippen molar-refractivity contribution in [1.29, 1.82) is 0 Å². The molecule has 20 heavy (non-hydrogen) atoms. The number of nitrogens with one attached hydrogen (secondary N) is 2. The highest BCUT2D eigenvalue weighted by atomic mass is 32.2. The minimum absolute atomic E-state index is 0.0153. The average molecular weight is 307 g/mol. The largest absolute Gasteiger partial charge is 0.481 e. The van der Waals surface area contributed by atoms with Gasteiger partial charge in [0.05, 0.1) is 11.7 Å². The maximum absolute atomic E-state index is 11.6. The fourth-order valence-corrected chi connectivity index (χ4v) is 2.77. The molecule has 2 amide bonds. The van der Waals surface area contributed by atoms with Crippen LogP contribution in [0.3, 0.4) is 0 Å². The summed E-state index contributed by atoms with van der Waals surface area (Å²) in [6, 6.07) is -0.628. The molecule has 1 aliphatic rings. The summed E-state index contributed by atoms with van der Waals surface area (Å²) < 4.78 is 24.0. The van der Waals surface area contributed by atoms with Crippen molar-refractivity contribution in [3.05, 3.63) is 0 Å². The van der Waals surface area contributed by atoms with E-state index in [-0.39, 0.29) is 18.3 Å². The van der Waals surface area contributed by atoms with E-state index in [4.69, 9.17) is 5.11 Å². The van der Waals surface area contributed by atoms with Crippen LogP contribution in [-0.2, 0) is 14.8 Å². The van der Waals surface area contributed by atoms with Crippen molar-refractivity contribution in [2.45, 2.75) is 25.3 Å². The molecule has 9 heteroatoms. The van der Waals surface area contributed by atoms with Crippen molar-refractivity contribution in [3.8, 4) is 0 Å². The van der Waals surface area contributed by atoms with Crippen LogP contribution in [0, 0.1) is 5.92 Å². The Morgan fingerprint density at radius 2 is 1.95 bits per heavy atom. The molecule has 0 unspecified atom stereocenters. The smallest absolute Gasteiger partial charge is 0.315 e. The lowest BCUT2D eigenvalue weighted by atomic mass is 10.1. The lowest BCUT2D eigenvalue weighted by molar-refractivity contribution is -0.141. The number of hydrogen-bond donors (Lipinski definition) is 3. The molecule has 8 nitrogen and oxygen atoms in total. The molecule has 0 aromatic carbocycles. The fourth-order valence-electron chi connectivity index (χ4n) is 2.05. The summed E-state index contributed by atoms with van der Waals surface area (Å²) in [6.45, 7) is 0.0153. The predicted molar refractivity (Wildman–Crippen MR) is 72.8 cm³/mol. The Morgan fingerprint density at radius 3 is 2.45 bits per heavy atom. The standard InChI is InChI=1S/C11H21N3O5S/c1-14(2)20(18,19)6-5-12-11(17)13-9-4-3-8(7-9)10(15)16/h8-9H,3-7H2,1-2H3,(H,15,16)(H2,12,13,17)/t8-,9+/m1/s1. The van der Waals surface area contributed by atoms with Gasteiger partial charge in [-0.3, -0.25) is 4.79 Å². The Labute approximate surface area is 118 Å². The maximum Gasteiger partial charge on any atom is 0.315 e. The highest BCUT2D eigenvalue weighted by Crippen LogP contribution is 2.25. The number of rotatable bonds is 6. The molecule has 0 bridgehead atoms. The quantitative estimate of drug-likeness (QED) is 0.608. The van der Waals surface area contributed by atoms with Crippen LogP contribution in [0.1, 0.15) is 19.3 Å². The fraction of sp³-hybridized carbons (Fsp3) is 0.818. The number of urea groups is 1. The number of sulfonamides is 1. The summed E-state index contributed by atoms with van der Waals surface area (Å²) >= 11 is 0. The summed E-state index contributed by atoms with van der Waals surface area (Å²) in [5.41, 5.74) is 0. The van der Waals surface area contributed by atoms with Gasteiger partial charge in [0.2, 0.25) is 10.0 Å². The summed E-state index contributed by atoms with van der Waals surface area (Å²) in [7, 11) is -0.467. The molecule has 0 aliphatic heterocycles. The minimum Gasteiger partial charge on any atom is -0.481 e. The first-order chi connectivity index (χ1) is 9.22. The van der Waals surface area contributed by atoms with Crippen LogP contribution < -0.4 is 10.6 Å². The first-order valence-electron chi connectivity index (χ1n) is 6.39. The lowest BCUT2D eigenvalue weighted by Gasteiger charge is -2.14. The number of amides is 2. The van der Waals surface area contributed by atoms with Crippen LogP contribution in [0.15, 0.2) is 0 Å². The van der Waals surface area contributed by atoms with E-state index in [0.29, 0.717) is 19.3 Å². The van der Waals surface area contributed by atoms with Gasteiger partial charge in [-0.1, -0.05) is 0 Å². The summed E-state index contributed by atoms with van der Waals surface area (Å²) in [6.07, 6.45) is 1.59. The van der Waals surface area contributed by atoms with Gasteiger partial charge in [0.15, 0.2) is 0 Å². The van der Waals surface area contributed by atoms with Crippen LogP contribution in [0.25, 0.3) is 0 Å². The van der Waals surface area contributed by atoms with Crippen LogP contribution in [-0.4, -0.2) is 62.3 Å². The van der Waals surface area contributed by atoms with Crippen molar-refractivity contribution in [2.24, 2.45) is 5.92 Å². The van der Waals surface area contributed by atoms with E-state index in [1.807, 2.05) is 0 Å². The van der Waals surface area contributed by atoms with E-state index in [2.05, 4.69) is 10.6 Å². The maximum atomic E-state index is 11.6. The topological polar surface area (TPSA) is 116 Å². The normalized spacial score (nSPS) is 22.8. The van der Waals surface area contributed by atoms with E-state index in [0.717, 1.165) is 4.31 Å². The zero-order chi connectivity index (χ0) is 15.3. The van der Waals surface area contributed by atoms with Gasteiger partial charge in [-0.05, 0) is 19.3 Å². The first-order valence-corrected chi connectivity index (χ1v) is 8.00. The van der Waals surface area contributed by atoms with Crippen molar-refractivity contribution in [3.63, 3.8) is 0 Å². The molecule has 1 aliphatic carbocycles. The van der Waals surface area contributed by atoms with E-state index in [1.165, 1.54) is 14.1 Å². The second-order valence-corrected chi connectivity index (χ2v) is 7.35. The molecule has 2 atom stereocenters. The summed E-state index contributed by atoms with van der Waals surface area (Å²) in [5.74, 6) is -1.42. The SMILES string of the molecule is CN(C)S(=O)(=O)CCNC(=O)N[C@H]1CC[C@@H](C(=O)O)C1. The molecule has 0 radical (unpaired) electrons. The lowest BCUT2D eigenvalue weighted by Crippen LogP contribution is -2.43. The zero-order valence-electron chi connectivity index (χ0n) is 11.6. The molecular formula is C11H21N3O5S. The van der Waals surface area contributed by atoms with Crippen molar-refractivity contribution >= 4 is 22.0 Å². The summed E-state index contributed by atoms with van der Waals surface area (Å²) in [5, 5.41) is 14.0. The Balaban J connectivity index is 2.27. The first kappa shape index (κ1) is 16.7. The molecule has 3 N–H and O–H groups in total. The third-order valence-electron chi connectivity index (χ3n) is 3.32. The molecule has 116 valence electrons. The van der Waals surface area contributed by atoms with Crippen LogP contribution in [0.4, 0.5) is 4.79 Å².